The number of imidazole rings is 1. The summed E-state index contributed by atoms with van der Waals surface area (Å²) < 4.78 is 1.90. The number of aliphatic hydroxyl groups is 1. The Morgan fingerprint density at radius 3 is 2.96 bits per heavy atom. The Kier molecular flexibility index (Phi) is 5.08. The first-order valence-electron chi connectivity index (χ1n) is 8.21. The molecule has 3 rings (SSSR count). The minimum Gasteiger partial charge on any atom is -0.396 e. The van der Waals surface area contributed by atoms with Crippen molar-refractivity contribution in [2.45, 2.75) is 19.4 Å². The van der Waals surface area contributed by atoms with E-state index in [0.29, 0.717) is 23.2 Å². The predicted molar refractivity (Wildman–Crippen MR) is 93.3 cm³/mol. The standard InChI is InChI=1S/C17H23ClN4O2/c1-20(2)17(24)16-14(10-21-7-3-4-12(8-21)11-23)22-9-13(18)5-6-15(22)19-16/h5-6,9,12,23H,3-4,7-8,10-11H2,1-2H3/t12-/m0/s1. The first-order valence-corrected chi connectivity index (χ1v) is 8.58. The van der Waals surface area contributed by atoms with Crippen molar-refractivity contribution < 1.29 is 9.90 Å². The fourth-order valence-corrected chi connectivity index (χ4v) is 3.42. The maximum absolute atomic E-state index is 12.5. The number of aliphatic hydroxyl groups excluding tert-OH is 1. The second-order valence-electron chi connectivity index (χ2n) is 6.61. The molecule has 0 radical (unpaired) electrons. The van der Waals surface area contributed by atoms with E-state index in [9.17, 15) is 9.90 Å². The number of nitrogens with zero attached hydrogens (tertiary/aromatic N) is 4. The zero-order valence-electron chi connectivity index (χ0n) is 14.1. The van der Waals surface area contributed by atoms with E-state index in [1.54, 1.807) is 31.3 Å². The number of carbonyl (C=O) groups excluding carboxylic acids is 1. The van der Waals surface area contributed by atoms with Crippen LogP contribution in [0.4, 0.5) is 0 Å². The van der Waals surface area contributed by atoms with Gasteiger partial charge in [-0.05, 0) is 37.4 Å². The number of hydrogen-bond donors (Lipinski definition) is 1. The Morgan fingerprint density at radius 2 is 2.25 bits per heavy atom. The van der Waals surface area contributed by atoms with Crippen molar-refractivity contribution in [3.05, 3.63) is 34.7 Å². The molecule has 130 valence electrons. The third-order valence-corrected chi connectivity index (χ3v) is 4.75. The fraction of sp³-hybridized carbons (Fsp3) is 0.529. The number of pyridine rings is 1. The van der Waals surface area contributed by atoms with Crippen LogP contribution in [0.25, 0.3) is 5.65 Å². The van der Waals surface area contributed by atoms with Gasteiger partial charge >= 0.3 is 0 Å². The van der Waals surface area contributed by atoms with Crippen molar-refractivity contribution in [1.82, 2.24) is 19.2 Å². The van der Waals surface area contributed by atoms with Gasteiger partial charge in [-0.2, -0.15) is 0 Å². The van der Waals surface area contributed by atoms with Gasteiger partial charge < -0.3 is 14.4 Å². The minimum absolute atomic E-state index is 0.111. The molecule has 2 aromatic heterocycles. The Hall–Kier alpha value is -1.63. The number of carbonyl (C=O) groups is 1. The highest BCUT2D eigenvalue weighted by Crippen LogP contribution is 2.22. The number of hydrogen-bond acceptors (Lipinski definition) is 4. The van der Waals surface area contributed by atoms with Crippen LogP contribution in [0, 0.1) is 5.92 Å². The third kappa shape index (κ3) is 3.41. The average molecular weight is 351 g/mol. The molecule has 0 unspecified atom stereocenters. The molecule has 3 heterocycles. The van der Waals surface area contributed by atoms with Gasteiger partial charge in [0.25, 0.3) is 5.91 Å². The summed E-state index contributed by atoms with van der Waals surface area (Å²) in [7, 11) is 3.46. The van der Waals surface area contributed by atoms with Gasteiger partial charge in [0.1, 0.15) is 5.65 Å². The summed E-state index contributed by atoms with van der Waals surface area (Å²) in [6, 6.07) is 3.60. The van der Waals surface area contributed by atoms with Crippen molar-refractivity contribution >= 4 is 23.2 Å². The molecular formula is C17H23ClN4O2. The van der Waals surface area contributed by atoms with Gasteiger partial charge in [0.2, 0.25) is 0 Å². The molecule has 2 aromatic rings. The number of fused-ring (bicyclic) bond motifs is 1. The Labute approximate surface area is 146 Å². The van der Waals surface area contributed by atoms with Gasteiger partial charge in [-0.15, -0.1) is 0 Å². The van der Waals surface area contributed by atoms with E-state index in [-0.39, 0.29) is 12.5 Å². The van der Waals surface area contributed by atoms with E-state index in [4.69, 9.17) is 11.6 Å². The van der Waals surface area contributed by atoms with Crippen LogP contribution in [0.1, 0.15) is 29.0 Å². The molecule has 1 atom stereocenters. The maximum Gasteiger partial charge on any atom is 0.273 e. The van der Waals surface area contributed by atoms with Crippen LogP contribution in [0.3, 0.4) is 0 Å². The van der Waals surface area contributed by atoms with Gasteiger partial charge in [0.15, 0.2) is 5.69 Å². The molecule has 0 saturated carbocycles. The van der Waals surface area contributed by atoms with Gasteiger partial charge in [0, 0.05) is 40.0 Å². The SMILES string of the molecule is CN(C)C(=O)c1nc2ccc(Cl)cn2c1CN1CCC[C@H](CO)C1. The Balaban J connectivity index is 1.98. The van der Waals surface area contributed by atoms with Gasteiger partial charge in [0.05, 0.1) is 10.7 Å². The van der Waals surface area contributed by atoms with Crippen molar-refractivity contribution in [2.75, 3.05) is 33.8 Å². The lowest BCUT2D eigenvalue weighted by Gasteiger charge is -2.31. The van der Waals surface area contributed by atoms with Gasteiger partial charge in [-0.3, -0.25) is 9.69 Å². The minimum atomic E-state index is -0.111. The average Bonchev–Trinajstić information content (AvgIpc) is 2.92. The van der Waals surface area contributed by atoms with Crippen LogP contribution in [0.2, 0.25) is 5.02 Å². The monoisotopic (exact) mass is 350 g/mol. The van der Waals surface area contributed by atoms with Crippen molar-refractivity contribution in [3.63, 3.8) is 0 Å². The van der Waals surface area contributed by atoms with E-state index < -0.39 is 0 Å². The number of piperidine rings is 1. The second-order valence-corrected chi connectivity index (χ2v) is 7.04. The van der Waals surface area contributed by atoms with E-state index in [2.05, 4.69) is 9.88 Å². The molecule has 6 nitrogen and oxygen atoms in total. The molecule has 1 saturated heterocycles. The first-order chi connectivity index (χ1) is 11.5. The molecule has 0 aliphatic carbocycles. The molecule has 0 aromatic carbocycles. The lowest BCUT2D eigenvalue weighted by atomic mass is 9.99. The van der Waals surface area contributed by atoms with E-state index in [1.807, 2.05) is 10.5 Å². The molecule has 0 spiro atoms. The van der Waals surface area contributed by atoms with Crippen LogP contribution in [-0.2, 0) is 6.54 Å². The van der Waals surface area contributed by atoms with Crippen LogP contribution >= 0.6 is 11.6 Å². The molecular weight excluding hydrogens is 328 g/mol. The molecule has 1 aliphatic rings. The second kappa shape index (κ2) is 7.09. The summed E-state index contributed by atoms with van der Waals surface area (Å²) in [4.78, 5) is 20.9. The normalized spacial score (nSPS) is 18.9. The van der Waals surface area contributed by atoms with Crippen LogP contribution in [-0.4, -0.2) is 64.0 Å². The largest absolute Gasteiger partial charge is 0.396 e. The summed E-state index contributed by atoms with van der Waals surface area (Å²) in [5.41, 5.74) is 2.04. The van der Waals surface area contributed by atoms with Crippen molar-refractivity contribution in [1.29, 1.82) is 0 Å². The van der Waals surface area contributed by atoms with E-state index in [0.717, 1.165) is 37.3 Å². The smallest absolute Gasteiger partial charge is 0.273 e. The molecule has 1 fully saturated rings. The summed E-state index contributed by atoms with van der Waals surface area (Å²) in [5.74, 6) is 0.190. The molecule has 0 bridgehead atoms. The first kappa shape index (κ1) is 17.2. The van der Waals surface area contributed by atoms with Crippen molar-refractivity contribution in [3.8, 4) is 0 Å². The molecule has 7 heteroatoms. The zero-order valence-corrected chi connectivity index (χ0v) is 14.8. The van der Waals surface area contributed by atoms with Crippen LogP contribution < -0.4 is 0 Å². The summed E-state index contributed by atoms with van der Waals surface area (Å²) in [6.45, 7) is 2.62. The Bertz CT molecular complexity index is 744. The lowest BCUT2D eigenvalue weighted by molar-refractivity contribution is 0.0816. The maximum atomic E-state index is 12.5. The zero-order chi connectivity index (χ0) is 17.3. The molecule has 1 aliphatic heterocycles. The highest BCUT2D eigenvalue weighted by molar-refractivity contribution is 6.30. The quantitative estimate of drug-likeness (QED) is 0.914. The van der Waals surface area contributed by atoms with E-state index in [1.165, 1.54) is 0 Å². The lowest BCUT2D eigenvalue weighted by Crippen LogP contribution is -2.37. The third-order valence-electron chi connectivity index (χ3n) is 4.52. The number of halogens is 1. The highest BCUT2D eigenvalue weighted by Gasteiger charge is 2.25. The van der Waals surface area contributed by atoms with E-state index >= 15 is 0 Å². The van der Waals surface area contributed by atoms with Gasteiger partial charge in [-0.1, -0.05) is 11.6 Å². The summed E-state index contributed by atoms with van der Waals surface area (Å²) in [6.07, 6.45) is 3.91. The van der Waals surface area contributed by atoms with Gasteiger partial charge in [-0.25, -0.2) is 4.98 Å². The number of likely N-dealkylation sites (tertiary alicyclic amines) is 1. The number of aromatic nitrogens is 2. The summed E-state index contributed by atoms with van der Waals surface area (Å²) >= 11 is 6.14. The number of amides is 1. The number of rotatable bonds is 4. The summed E-state index contributed by atoms with van der Waals surface area (Å²) in [5, 5.41) is 10.0. The predicted octanol–water partition coefficient (Wildman–Crippen LogP) is 1.89. The molecule has 1 amide bonds. The molecule has 24 heavy (non-hydrogen) atoms. The molecule has 1 N–H and O–H groups in total. The Morgan fingerprint density at radius 1 is 1.46 bits per heavy atom. The fourth-order valence-electron chi connectivity index (χ4n) is 3.26. The topological polar surface area (TPSA) is 61.1 Å². The van der Waals surface area contributed by atoms with Crippen LogP contribution in [0.15, 0.2) is 18.3 Å². The van der Waals surface area contributed by atoms with Crippen molar-refractivity contribution in [2.24, 2.45) is 5.92 Å². The van der Waals surface area contributed by atoms with Crippen LogP contribution in [0.5, 0.6) is 0 Å². The highest BCUT2D eigenvalue weighted by atomic mass is 35.5.